The van der Waals surface area contributed by atoms with Gasteiger partial charge < -0.3 is 9.68 Å². The van der Waals surface area contributed by atoms with Crippen molar-refractivity contribution in [2.24, 2.45) is 10.3 Å². The van der Waals surface area contributed by atoms with Gasteiger partial charge in [0.05, 0.1) is 11.4 Å². The van der Waals surface area contributed by atoms with E-state index in [-0.39, 0.29) is 6.79 Å². The fourth-order valence-corrected chi connectivity index (χ4v) is 0.334. The van der Waals surface area contributed by atoms with E-state index in [1.165, 1.54) is 0 Å². The SMILES string of the molecule is CC(C)=NOCON=C(C)C. The Kier molecular flexibility index (Phi) is 5.15. The molecular weight excluding hydrogens is 144 g/mol. The Morgan fingerprint density at radius 3 is 1.55 bits per heavy atom. The molecule has 0 heterocycles. The lowest BCUT2D eigenvalue weighted by atomic mass is 10.5. The molecule has 0 aliphatic heterocycles. The van der Waals surface area contributed by atoms with E-state index < -0.39 is 0 Å². The summed E-state index contributed by atoms with van der Waals surface area (Å²) in [5.41, 5.74) is 1.71. The first kappa shape index (κ1) is 9.94. The van der Waals surface area contributed by atoms with Crippen molar-refractivity contribution >= 4 is 11.4 Å². The maximum absolute atomic E-state index is 4.70. The summed E-state index contributed by atoms with van der Waals surface area (Å²) in [6.07, 6.45) is 0. The standard InChI is InChI=1S/C7H14N2O2/c1-6(2)8-10-5-11-9-7(3)4/h5H2,1-4H3. The molecule has 0 aromatic carbocycles. The van der Waals surface area contributed by atoms with Gasteiger partial charge >= 0.3 is 0 Å². The Bertz CT molecular complexity index is 138. The van der Waals surface area contributed by atoms with Crippen LogP contribution < -0.4 is 0 Å². The van der Waals surface area contributed by atoms with Gasteiger partial charge in [0.15, 0.2) is 0 Å². The fourth-order valence-electron chi connectivity index (χ4n) is 0.334. The average Bonchev–Trinajstić information content (AvgIpc) is 1.85. The number of hydrogen-bond acceptors (Lipinski definition) is 4. The highest BCUT2D eigenvalue weighted by Crippen LogP contribution is 1.83. The third-order valence-corrected chi connectivity index (χ3v) is 0.600. The highest BCUT2D eigenvalue weighted by molar-refractivity contribution is 5.78. The molecule has 0 saturated carbocycles. The third kappa shape index (κ3) is 8.94. The molecular formula is C7H14N2O2. The van der Waals surface area contributed by atoms with Gasteiger partial charge in [-0.3, -0.25) is 0 Å². The lowest BCUT2D eigenvalue weighted by molar-refractivity contribution is -0.0507. The molecule has 0 aromatic rings. The second-order valence-corrected chi connectivity index (χ2v) is 2.45. The van der Waals surface area contributed by atoms with Gasteiger partial charge in [-0.1, -0.05) is 10.3 Å². The van der Waals surface area contributed by atoms with Crippen LogP contribution in [0.2, 0.25) is 0 Å². The normalized spacial score (nSPS) is 8.36. The molecule has 0 radical (unpaired) electrons. The van der Waals surface area contributed by atoms with Crippen LogP contribution in [0.5, 0.6) is 0 Å². The van der Waals surface area contributed by atoms with Crippen LogP contribution in [0, 0.1) is 0 Å². The van der Waals surface area contributed by atoms with Gasteiger partial charge in [0.1, 0.15) is 0 Å². The van der Waals surface area contributed by atoms with E-state index in [1.54, 1.807) is 0 Å². The van der Waals surface area contributed by atoms with E-state index in [1.807, 2.05) is 27.7 Å². The molecule has 0 N–H and O–H groups in total. The maximum Gasteiger partial charge on any atom is 0.280 e. The van der Waals surface area contributed by atoms with Crippen molar-refractivity contribution < 1.29 is 9.68 Å². The van der Waals surface area contributed by atoms with Crippen LogP contribution in [0.1, 0.15) is 27.7 Å². The Balaban J connectivity index is 3.29. The van der Waals surface area contributed by atoms with E-state index in [2.05, 4.69) is 10.3 Å². The second kappa shape index (κ2) is 5.70. The van der Waals surface area contributed by atoms with Crippen molar-refractivity contribution in [3.05, 3.63) is 0 Å². The summed E-state index contributed by atoms with van der Waals surface area (Å²) in [5, 5.41) is 7.29. The Labute approximate surface area is 66.9 Å². The van der Waals surface area contributed by atoms with Crippen molar-refractivity contribution in [2.45, 2.75) is 27.7 Å². The molecule has 0 aliphatic carbocycles. The molecule has 11 heavy (non-hydrogen) atoms. The first-order chi connectivity index (χ1) is 5.13. The van der Waals surface area contributed by atoms with Gasteiger partial charge in [-0.15, -0.1) is 0 Å². The predicted octanol–water partition coefficient (Wildman–Crippen LogP) is 1.77. The van der Waals surface area contributed by atoms with Gasteiger partial charge in [-0.05, 0) is 27.7 Å². The first-order valence-electron chi connectivity index (χ1n) is 3.39. The van der Waals surface area contributed by atoms with Crippen LogP contribution in [-0.2, 0) is 9.68 Å². The Morgan fingerprint density at radius 2 is 1.27 bits per heavy atom. The minimum absolute atomic E-state index is 0.0658. The minimum atomic E-state index is 0.0658. The summed E-state index contributed by atoms with van der Waals surface area (Å²) in [4.78, 5) is 9.41. The second-order valence-electron chi connectivity index (χ2n) is 2.45. The highest BCUT2D eigenvalue weighted by atomic mass is 16.8. The van der Waals surface area contributed by atoms with E-state index in [0.717, 1.165) is 11.4 Å². The monoisotopic (exact) mass is 158 g/mol. The molecule has 0 aromatic heterocycles. The van der Waals surface area contributed by atoms with Gasteiger partial charge in [-0.2, -0.15) is 0 Å². The third-order valence-electron chi connectivity index (χ3n) is 0.600. The molecule has 4 nitrogen and oxygen atoms in total. The molecule has 0 atom stereocenters. The Hall–Kier alpha value is -1.06. The smallest absolute Gasteiger partial charge is 0.280 e. The summed E-state index contributed by atoms with van der Waals surface area (Å²) in [6.45, 7) is 7.43. The van der Waals surface area contributed by atoms with Crippen LogP contribution in [0.15, 0.2) is 10.3 Å². The summed E-state index contributed by atoms with van der Waals surface area (Å²) in [5.74, 6) is 0. The average molecular weight is 158 g/mol. The van der Waals surface area contributed by atoms with E-state index in [9.17, 15) is 0 Å². The molecule has 0 bridgehead atoms. The predicted molar refractivity (Wildman–Crippen MR) is 44.6 cm³/mol. The van der Waals surface area contributed by atoms with Crippen LogP contribution in [-0.4, -0.2) is 18.2 Å². The van der Waals surface area contributed by atoms with Gasteiger partial charge in [-0.25, -0.2) is 0 Å². The topological polar surface area (TPSA) is 43.2 Å². The molecule has 0 spiro atoms. The van der Waals surface area contributed by atoms with Crippen LogP contribution in [0.25, 0.3) is 0 Å². The zero-order valence-corrected chi connectivity index (χ0v) is 7.42. The van der Waals surface area contributed by atoms with Gasteiger partial charge in [0.25, 0.3) is 6.79 Å². The first-order valence-corrected chi connectivity index (χ1v) is 3.39. The van der Waals surface area contributed by atoms with Crippen LogP contribution in [0.4, 0.5) is 0 Å². The molecule has 4 heteroatoms. The van der Waals surface area contributed by atoms with Gasteiger partial charge in [0.2, 0.25) is 0 Å². The quantitative estimate of drug-likeness (QED) is 0.271. The summed E-state index contributed by atoms with van der Waals surface area (Å²) < 4.78 is 0. The van der Waals surface area contributed by atoms with E-state index in [4.69, 9.17) is 9.68 Å². The molecule has 0 fully saturated rings. The van der Waals surface area contributed by atoms with Crippen LogP contribution in [0.3, 0.4) is 0 Å². The molecule has 0 aliphatic rings. The summed E-state index contributed by atoms with van der Waals surface area (Å²) >= 11 is 0. The lowest BCUT2D eigenvalue weighted by Crippen LogP contribution is -1.94. The largest absolute Gasteiger partial charge is 0.352 e. The maximum atomic E-state index is 4.70. The van der Waals surface area contributed by atoms with Crippen molar-refractivity contribution in [3.8, 4) is 0 Å². The lowest BCUT2D eigenvalue weighted by Gasteiger charge is -1.97. The number of hydrogen-bond donors (Lipinski definition) is 0. The number of nitrogens with zero attached hydrogens (tertiary/aromatic N) is 2. The molecule has 0 amide bonds. The Morgan fingerprint density at radius 1 is 0.909 bits per heavy atom. The minimum Gasteiger partial charge on any atom is -0.352 e. The fraction of sp³-hybridized carbons (Fsp3) is 0.714. The summed E-state index contributed by atoms with van der Waals surface area (Å²) in [6, 6.07) is 0. The van der Waals surface area contributed by atoms with Crippen molar-refractivity contribution in [1.29, 1.82) is 0 Å². The van der Waals surface area contributed by atoms with Crippen molar-refractivity contribution in [2.75, 3.05) is 6.79 Å². The molecule has 0 unspecified atom stereocenters. The molecule has 64 valence electrons. The van der Waals surface area contributed by atoms with Gasteiger partial charge in [0, 0.05) is 0 Å². The zero-order valence-electron chi connectivity index (χ0n) is 7.42. The zero-order chi connectivity index (χ0) is 8.69. The summed E-state index contributed by atoms with van der Waals surface area (Å²) in [7, 11) is 0. The molecule has 0 rings (SSSR count). The molecule has 0 saturated heterocycles. The van der Waals surface area contributed by atoms with Crippen LogP contribution >= 0.6 is 0 Å². The van der Waals surface area contributed by atoms with E-state index in [0.29, 0.717) is 0 Å². The van der Waals surface area contributed by atoms with Crippen molar-refractivity contribution in [1.82, 2.24) is 0 Å². The highest BCUT2D eigenvalue weighted by Gasteiger charge is 1.82. The van der Waals surface area contributed by atoms with E-state index >= 15 is 0 Å². The number of rotatable bonds is 4. The number of oxime groups is 2. The van der Waals surface area contributed by atoms with Crippen molar-refractivity contribution in [3.63, 3.8) is 0 Å².